The Kier molecular flexibility index (Phi) is 4.58. The number of rotatable bonds is 3. The number of ether oxygens (including phenoxy) is 1. The highest BCUT2D eigenvalue weighted by atomic mass is 19.4. The molecular weight excluding hydrogens is 336 g/mol. The van der Waals surface area contributed by atoms with E-state index in [1.807, 2.05) is 0 Å². The van der Waals surface area contributed by atoms with E-state index >= 15 is 0 Å². The van der Waals surface area contributed by atoms with Crippen molar-refractivity contribution in [3.63, 3.8) is 0 Å². The first-order valence-electron chi connectivity index (χ1n) is 6.55. The quantitative estimate of drug-likeness (QED) is 0.679. The third-order valence-corrected chi connectivity index (χ3v) is 2.94. The van der Waals surface area contributed by atoms with Crippen molar-refractivity contribution in [1.82, 2.24) is 9.55 Å². The largest absolute Gasteiger partial charge is 0.462 e. The second kappa shape index (κ2) is 6.30. The van der Waals surface area contributed by atoms with Crippen LogP contribution in [0.4, 0.5) is 17.6 Å². The van der Waals surface area contributed by atoms with Crippen molar-refractivity contribution in [2.45, 2.75) is 13.1 Å². The standard InChI is InChI=1S/C14H10F4N2O4/c1-2-24-12(22)8-5-7(3-4-9(8)15)20-11(21)6-10(14(16,17)18)19-13(20)23/h3-6H,2H2,1H3,(H,19,23). The fourth-order valence-corrected chi connectivity index (χ4v) is 1.91. The van der Waals surface area contributed by atoms with Gasteiger partial charge in [-0.15, -0.1) is 0 Å². The second-order valence-electron chi connectivity index (χ2n) is 4.54. The summed E-state index contributed by atoms with van der Waals surface area (Å²) in [5.41, 5.74) is -5.01. The minimum atomic E-state index is -4.91. The monoisotopic (exact) mass is 346 g/mol. The molecule has 1 N–H and O–H groups in total. The molecule has 0 aliphatic carbocycles. The molecule has 0 unspecified atom stereocenters. The number of nitrogens with zero attached hydrogens (tertiary/aromatic N) is 1. The maximum Gasteiger partial charge on any atom is 0.431 e. The predicted octanol–water partition coefficient (Wildman–Crippen LogP) is 1.86. The molecule has 128 valence electrons. The highest BCUT2D eigenvalue weighted by Gasteiger charge is 2.33. The van der Waals surface area contributed by atoms with E-state index in [0.29, 0.717) is 4.57 Å². The number of aromatic amines is 1. The van der Waals surface area contributed by atoms with Crippen LogP contribution in [0.1, 0.15) is 23.0 Å². The molecule has 10 heteroatoms. The SMILES string of the molecule is CCOC(=O)c1cc(-n2c(=O)cc(C(F)(F)F)[nH]c2=O)ccc1F. The Morgan fingerprint density at radius 2 is 1.92 bits per heavy atom. The van der Waals surface area contributed by atoms with Gasteiger partial charge in [0.05, 0.1) is 17.9 Å². The summed E-state index contributed by atoms with van der Waals surface area (Å²) < 4.78 is 56.3. The lowest BCUT2D eigenvalue weighted by molar-refractivity contribution is -0.141. The smallest absolute Gasteiger partial charge is 0.431 e. The Labute approximate surface area is 131 Å². The summed E-state index contributed by atoms with van der Waals surface area (Å²) in [5, 5.41) is 0. The molecule has 0 bridgehead atoms. The Morgan fingerprint density at radius 3 is 2.46 bits per heavy atom. The maximum atomic E-state index is 13.7. The first kappa shape index (κ1) is 17.4. The molecule has 0 spiro atoms. The van der Waals surface area contributed by atoms with E-state index in [1.54, 1.807) is 0 Å². The lowest BCUT2D eigenvalue weighted by Gasteiger charge is -2.10. The van der Waals surface area contributed by atoms with Gasteiger partial charge < -0.3 is 9.72 Å². The Morgan fingerprint density at radius 1 is 1.25 bits per heavy atom. The second-order valence-corrected chi connectivity index (χ2v) is 4.54. The molecule has 24 heavy (non-hydrogen) atoms. The van der Waals surface area contributed by atoms with Gasteiger partial charge in [0, 0.05) is 6.07 Å². The number of H-pyrrole nitrogens is 1. The number of hydrogen-bond donors (Lipinski definition) is 1. The van der Waals surface area contributed by atoms with E-state index in [9.17, 15) is 31.9 Å². The van der Waals surface area contributed by atoms with Crippen LogP contribution in [-0.4, -0.2) is 22.1 Å². The van der Waals surface area contributed by atoms with E-state index in [4.69, 9.17) is 0 Å². The molecule has 0 saturated carbocycles. The van der Waals surface area contributed by atoms with Crippen LogP contribution >= 0.6 is 0 Å². The molecule has 0 aliphatic heterocycles. The fourth-order valence-electron chi connectivity index (χ4n) is 1.91. The number of carbonyl (C=O) groups is 1. The zero-order valence-electron chi connectivity index (χ0n) is 12.1. The number of esters is 1. The van der Waals surface area contributed by atoms with Gasteiger partial charge in [0.15, 0.2) is 0 Å². The van der Waals surface area contributed by atoms with Gasteiger partial charge in [-0.2, -0.15) is 13.2 Å². The van der Waals surface area contributed by atoms with Crippen LogP contribution in [0.2, 0.25) is 0 Å². The van der Waals surface area contributed by atoms with E-state index in [0.717, 1.165) is 18.2 Å². The summed E-state index contributed by atoms with van der Waals surface area (Å²) in [5.74, 6) is -2.00. The van der Waals surface area contributed by atoms with Crippen LogP contribution in [0, 0.1) is 5.82 Å². The lowest BCUT2D eigenvalue weighted by atomic mass is 10.2. The first-order valence-corrected chi connectivity index (χ1v) is 6.55. The average molecular weight is 346 g/mol. The van der Waals surface area contributed by atoms with E-state index in [2.05, 4.69) is 4.74 Å². The van der Waals surface area contributed by atoms with Crippen LogP contribution in [0.3, 0.4) is 0 Å². The highest BCUT2D eigenvalue weighted by Crippen LogP contribution is 2.25. The van der Waals surface area contributed by atoms with Gasteiger partial charge in [-0.05, 0) is 25.1 Å². The van der Waals surface area contributed by atoms with Crippen molar-refractivity contribution >= 4 is 5.97 Å². The molecular formula is C14H10F4N2O4. The number of benzene rings is 1. The fraction of sp³-hybridized carbons (Fsp3) is 0.214. The minimum absolute atomic E-state index is 0.0384. The molecule has 6 nitrogen and oxygen atoms in total. The normalized spacial score (nSPS) is 11.4. The summed E-state index contributed by atoms with van der Waals surface area (Å²) in [7, 11) is 0. The first-order chi connectivity index (χ1) is 11.1. The van der Waals surface area contributed by atoms with Gasteiger partial charge in [-0.25, -0.2) is 18.5 Å². The van der Waals surface area contributed by atoms with Crippen LogP contribution in [-0.2, 0) is 10.9 Å². The third-order valence-electron chi connectivity index (χ3n) is 2.94. The Hall–Kier alpha value is -2.91. The molecule has 2 aromatic rings. The summed E-state index contributed by atoms with van der Waals surface area (Å²) in [6.45, 7) is 1.45. The molecule has 0 atom stereocenters. The van der Waals surface area contributed by atoms with Gasteiger partial charge >= 0.3 is 17.8 Å². The Balaban J connectivity index is 2.62. The van der Waals surface area contributed by atoms with Gasteiger partial charge in [-0.1, -0.05) is 0 Å². The van der Waals surface area contributed by atoms with Gasteiger partial charge in [-0.3, -0.25) is 4.79 Å². The summed E-state index contributed by atoms with van der Waals surface area (Å²) in [6.07, 6.45) is -4.91. The zero-order valence-corrected chi connectivity index (χ0v) is 12.1. The van der Waals surface area contributed by atoms with Crippen LogP contribution in [0.5, 0.6) is 0 Å². The van der Waals surface area contributed by atoms with Crippen LogP contribution in [0.25, 0.3) is 5.69 Å². The highest BCUT2D eigenvalue weighted by molar-refractivity contribution is 5.90. The maximum absolute atomic E-state index is 13.7. The summed E-state index contributed by atoms with van der Waals surface area (Å²) in [6, 6.07) is 2.80. The van der Waals surface area contributed by atoms with Crippen molar-refractivity contribution in [1.29, 1.82) is 0 Å². The molecule has 2 rings (SSSR count). The van der Waals surface area contributed by atoms with Gasteiger partial charge in [0.2, 0.25) is 0 Å². The molecule has 0 saturated heterocycles. The van der Waals surface area contributed by atoms with Crippen molar-refractivity contribution in [3.8, 4) is 5.69 Å². The topological polar surface area (TPSA) is 81.2 Å². The van der Waals surface area contributed by atoms with E-state index < -0.39 is 40.5 Å². The molecule has 1 aromatic carbocycles. The molecule has 1 aromatic heterocycles. The molecule has 1 heterocycles. The lowest BCUT2D eigenvalue weighted by Crippen LogP contribution is -2.36. The Bertz CT molecular complexity index is 868. The number of halogens is 4. The van der Waals surface area contributed by atoms with Gasteiger partial charge in [0.25, 0.3) is 5.56 Å². The van der Waals surface area contributed by atoms with Crippen molar-refractivity contribution in [2.75, 3.05) is 6.61 Å². The number of carbonyl (C=O) groups excluding carboxylic acids is 1. The minimum Gasteiger partial charge on any atom is -0.462 e. The molecule has 0 aliphatic rings. The number of aromatic nitrogens is 2. The van der Waals surface area contributed by atoms with Gasteiger partial charge in [0.1, 0.15) is 11.5 Å². The zero-order chi connectivity index (χ0) is 18.1. The number of nitrogens with one attached hydrogen (secondary N) is 1. The third kappa shape index (κ3) is 3.36. The number of alkyl halides is 3. The predicted molar refractivity (Wildman–Crippen MR) is 73.6 cm³/mol. The molecule has 0 radical (unpaired) electrons. The molecule has 0 amide bonds. The summed E-state index contributed by atoms with van der Waals surface area (Å²) in [4.78, 5) is 36.8. The van der Waals surface area contributed by atoms with E-state index in [-0.39, 0.29) is 18.4 Å². The average Bonchev–Trinajstić information content (AvgIpc) is 2.47. The number of hydrogen-bond acceptors (Lipinski definition) is 4. The van der Waals surface area contributed by atoms with Crippen molar-refractivity contribution in [2.24, 2.45) is 0 Å². The summed E-state index contributed by atoms with van der Waals surface area (Å²) >= 11 is 0. The van der Waals surface area contributed by atoms with Crippen LogP contribution in [0.15, 0.2) is 33.9 Å². The van der Waals surface area contributed by atoms with Crippen LogP contribution < -0.4 is 11.2 Å². The van der Waals surface area contributed by atoms with Crippen molar-refractivity contribution < 1.29 is 27.1 Å². The molecule has 0 fully saturated rings. The van der Waals surface area contributed by atoms with E-state index in [1.165, 1.54) is 11.9 Å². The van der Waals surface area contributed by atoms with Crippen molar-refractivity contribution in [3.05, 3.63) is 62.2 Å².